The van der Waals surface area contributed by atoms with E-state index in [1.807, 2.05) is 0 Å². The third-order valence-corrected chi connectivity index (χ3v) is 4.64. The molecule has 20 heavy (non-hydrogen) atoms. The molecule has 0 radical (unpaired) electrons. The molecule has 0 amide bonds. The third-order valence-electron chi connectivity index (χ3n) is 4.64. The second-order valence-corrected chi connectivity index (χ2v) is 6.54. The van der Waals surface area contributed by atoms with Crippen LogP contribution in [-0.2, 0) is 5.31 Å². The molecule has 2 aromatic rings. The predicted molar refractivity (Wildman–Crippen MR) is 83.8 cm³/mol. The van der Waals surface area contributed by atoms with E-state index in [2.05, 4.69) is 63.6 Å². The third kappa shape index (κ3) is 2.07. The van der Waals surface area contributed by atoms with Crippen molar-refractivity contribution in [1.29, 1.82) is 0 Å². The lowest BCUT2D eigenvalue weighted by molar-refractivity contribution is 0.515. The zero-order chi connectivity index (χ0) is 14.3. The van der Waals surface area contributed by atoms with Crippen LogP contribution in [0.5, 0.6) is 0 Å². The van der Waals surface area contributed by atoms with Crippen LogP contribution in [0.3, 0.4) is 0 Å². The molecule has 3 nitrogen and oxygen atoms in total. The topological polar surface area (TPSA) is 30.7 Å². The van der Waals surface area contributed by atoms with Gasteiger partial charge in [-0.05, 0) is 17.3 Å². The van der Waals surface area contributed by atoms with Gasteiger partial charge in [-0.2, -0.15) is 5.10 Å². The molecule has 2 heterocycles. The summed E-state index contributed by atoms with van der Waals surface area (Å²) in [5.74, 6) is 2.62. The SMILES string of the molecule is BC(C)(CC)c1nc2n(n1)C(c1ccccc1)CC2C. The number of hydrogen-bond acceptors (Lipinski definition) is 2. The van der Waals surface area contributed by atoms with Crippen molar-refractivity contribution < 1.29 is 0 Å². The van der Waals surface area contributed by atoms with E-state index in [-0.39, 0.29) is 5.31 Å². The van der Waals surface area contributed by atoms with Crippen molar-refractivity contribution in [1.82, 2.24) is 14.8 Å². The molecule has 104 valence electrons. The summed E-state index contributed by atoms with van der Waals surface area (Å²) in [6, 6.07) is 11.0. The molecule has 0 aliphatic carbocycles. The largest absolute Gasteiger partial charge is 0.242 e. The highest BCUT2D eigenvalue weighted by atomic mass is 15.4. The lowest BCUT2D eigenvalue weighted by atomic mass is 9.68. The maximum atomic E-state index is 4.85. The van der Waals surface area contributed by atoms with Crippen LogP contribution in [0.15, 0.2) is 30.3 Å². The van der Waals surface area contributed by atoms with Gasteiger partial charge in [0.05, 0.1) is 6.04 Å². The van der Waals surface area contributed by atoms with Gasteiger partial charge in [-0.1, -0.05) is 57.5 Å². The number of hydrogen-bond donors (Lipinski definition) is 0. The van der Waals surface area contributed by atoms with Crippen molar-refractivity contribution in [3.8, 4) is 0 Å². The predicted octanol–water partition coefficient (Wildman–Crippen LogP) is 2.63. The van der Waals surface area contributed by atoms with E-state index in [1.54, 1.807) is 0 Å². The first kappa shape index (κ1) is 13.4. The van der Waals surface area contributed by atoms with E-state index in [0.29, 0.717) is 12.0 Å². The van der Waals surface area contributed by atoms with Gasteiger partial charge in [-0.15, -0.1) is 0 Å². The van der Waals surface area contributed by atoms with Gasteiger partial charge in [-0.25, -0.2) is 9.67 Å². The quantitative estimate of drug-likeness (QED) is 0.800. The van der Waals surface area contributed by atoms with E-state index in [9.17, 15) is 0 Å². The van der Waals surface area contributed by atoms with Gasteiger partial charge in [0.2, 0.25) is 0 Å². The van der Waals surface area contributed by atoms with E-state index in [0.717, 1.165) is 24.5 Å². The Morgan fingerprint density at radius 3 is 2.70 bits per heavy atom. The van der Waals surface area contributed by atoms with Crippen LogP contribution >= 0.6 is 0 Å². The minimum atomic E-state index is 0.0539. The fourth-order valence-electron chi connectivity index (χ4n) is 2.84. The van der Waals surface area contributed by atoms with Crippen molar-refractivity contribution >= 4 is 7.85 Å². The highest BCUT2D eigenvalue weighted by molar-refractivity contribution is 6.15. The molecule has 0 fully saturated rings. The Bertz CT molecular complexity index is 603. The van der Waals surface area contributed by atoms with Gasteiger partial charge < -0.3 is 0 Å². The maximum absolute atomic E-state index is 4.85. The van der Waals surface area contributed by atoms with Gasteiger partial charge in [0, 0.05) is 5.92 Å². The molecule has 0 saturated heterocycles. The smallest absolute Gasteiger partial charge is 0.148 e. The van der Waals surface area contributed by atoms with Crippen molar-refractivity contribution in [3.63, 3.8) is 0 Å². The fraction of sp³-hybridized carbons (Fsp3) is 0.500. The standard InChI is InChI=1S/C16H22BN3/c1-4-16(3,17)15-18-14-11(2)10-13(20(14)19-15)12-8-6-5-7-9-12/h5-9,11,13H,4,10,17H2,1-3H3. The Balaban J connectivity index is 2.02. The Morgan fingerprint density at radius 2 is 2.05 bits per heavy atom. The second kappa shape index (κ2) is 4.76. The van der Waals surface area contributed by atoms with Gasteiger partial charge in [0.25, 0.3) is 0 Å². The monoisotopic (exact) mass is 267 g/mol. The first-order valence-electron chi connectivity index (χ1n) is 7.55. The van der Waals surface area contributed by atoms with E-state index in [1.165, 1.54) is 5.56 Å². The highest BCUT2D eigenvalue weighted by Crippen LogP contribution is 2.39. The van der Waals surface area contributed by atoms with Crippen molar-refractivity contribution in [2.24, 2.45) is 0 Å². The molecule has 0 bridgehead atoms. The van der Waals surface area contributed by atoms with Crippen LogP contribution < -0.4 is 0 Å². The average molecular weight is 267 g/mol. The Morgan fingerprint density at radius 1 is 1.35 bits per heavy atom. The lowest BCUT2D eigenvalue weighted by Gasteiger charge is -2.19. The Labute approximate surface area is 121 Å². The summed E-state index contributed by atoms with van der Waals surface area (Å²) in [5.41, 5.74) is 1.34. The Kier molecular flexibility index (Phi) is 3.19. The molecule has 1 aromatic heterocycles. The Hall–Kier alpha value is -1.58. The van der Waals surface area contributed by atoms with Crippen LogP contribution in [0.1, 0.15) is 62.8 Å². The van der Waals surface area contributed by atoms with Gasteiger partial charge in [-0.3, -0.25) is 0 Å². The summed E-state index contributed by atoms with van der Waals surface area (Å²) < 4.78 is 2.16. The molecule has 0 N–H and O–H groups in total. The number of aromatic nitrogens is 3. The first-order valence-corrected chi connectivity index (χ1v) is 7.55. The second-order valence-electron chi connectivity index (χ2n) is 6.54. The minimum Gasteiger partial charge on any atom is -0.242 e. The van der Waals surface area contributed by atoms with Crippen LogP contribution in [0, 0.1) is 0 Å². The summed E-state index contributed by atoms with van der Waals surface area (Å²) in [7, 11) is 2.22. The van der Waals surface area contributed by atoms with Gasteiger partial charge >= 0.3 is 0 Å². The molecular formula is C16H22BN3. The van der Waals surface area contributed by atoms with E-state index >= 15 is 0 Å². The zero-order valence-electron chi connectivity index (χ0n) is 12.8. The maximum Gasteiger partial charge on any atom is 0.148 e. The molecule has 3 unspecified atom stereocenters. The minimum absolute atomic E-state index is 0.0539. The van der Waals surface area contributed by atoms with Crippen LogP contribution in [0.25, 0.3) is 0 Å². The highest BCUT2D eigenvalue weighted by Gasteiger charge is 2.35. The number of nitrogens with zero attached hydrogens (tertiary/aromatic N) is 3. The summed E-state index contributed by atoms with van der Waals surface area (Å²) in [4.78, 5) is 4.84. The lowest BCUT2D eigenvalue weighted by Crippen LogP contribution is -2.23. The van der Waals surface area contributed by atoms with Crippen molar-refractivity contribution in [3.05, 3.63) is 47.5 Å². The number of benzene rings is 1. The molecule has 1 aliphatic heterocycles. The van der Waals surface area contributed by atoms with Crippen LogP contribution in [0.2, 0.25) is 0 Å². The summed E-state index contributed by atoms with van der Waals surface area (Å²) in [5, 5.41) is 4.90. The molecule has 0 spiro atoms. The zero-order valence-corrected chi connectivity index (χ0v) is 12.8. The van der Waals surface area contributed by atoms with Crippen LogP contribution in [-0.4, -0.2) is 22.6 Å². The van der Waals surface area contributed by atoms with Crippen LogP contribution in [0.4, 0.5) is 0 Å². The molecule has 1 aromatic carbocycles. The first-order chi connectivity index (χ1) is 9.53. The summed E-state index contributed by atoms with van der Waals surface area (Å²) in [6.07, 6.45) is 2.16. The molecular weight excluding hydrogens is 245 g/mol. The van der Waals surface area contributed by atoms with Crippen molar-refractivity contribution in [2.75, 3.05) is 0 Å². The molecule has 4 heteroatoms. The summed E-state index contributed by atoms with van der Waals surface area (Å²) >= 11 is 0. The molecule has 0 saturated carbocycles. The number of rotatable bonds is 3. The molecule has 3 rings (SSSR count). The van der Waals surface area contributed by atoms with Gasteiger partial charge in [0.1, 0.15) is 19.5 Å². The van der Waals surface area contributed by atoms with E-state index in [4.69, 9.17) is 10.1 Å². The van der Waals surface area contributed by atoms with Gasteiger partial charge in [0.15, 0.2) is 0 Å². The molecule has 3 atom stereocenters. The van der Waals surface area contributed by atoms with Crippen molar-refractivity contribution in [2.45, 2.75) is 50.9 Å². The average Bonchev–Trinajstić information content (AvgIpc) is 3.01. The fourth-order valence-corrected chi connectivity index (χ4v) is 2.84. The normalized spacial score (nSPS) is 24.4. The van der Waals surface area contributed by atoms with E-state index < -0.39 is 0 Å². The molecule has 1 aliphatic rings. The number of fused-ring (bicyclic) bond motifs is 1. The summed E-state index contributed by atoms with van der Waals surface area (Å²) in [6.45, 7) is 6.68.